The lowest BCUT2D eigenvalue weighted by molar-refractivity contribution is -0.127. The number of nitrogens with zero attached hydrogens (tertiary/aromatic N) is 2. The van der Waals surface area contributed by atoms with E-state index in [0.29, 0.717) is 17.7 Å². The zero-order valence-corrected chi connectivity index (χ0v) is 22.2. The molecule has 1 heterocycles. The van der Waals surface area contributed by atoms with Crippen LogP contribution in [-0.4, -0.2) is 65.4 Å². The van der Waals surface area contributed by atoms with Crippen LogP contribution < -0.4 is 33.2 Å². The summed E-state index contributed by atoms with van der Waals surface area (Å²) in [7, 11) is 0. The molecule has 0 radical (unpaired) electrons. The zero-order chi connectivity index (χ0) is 29.0. The van der Waals surface area contributed by atoms with E-state index in [1.54, 1.807) is 45.0 Å². The quantitative estimate of drug-likeness (QED) is 0.0660. The van der Waals surface area contributed by atoms with Crippen molar-refractivity contribution in [3.63, 3.8) is 0 Å². The highest BCUT2D eigenvalue weighted by Gasteiger charge is 2.27. The Morgan fingerprint density at radius 2 is 1.87 bits per heavy atom. The molecule has 3 amide bonds. The molecule has 14 heteroatoms. The maximum absolute atomic E-state index is 13.0. The van der Waals surface area contributed by atoms with Gasteiger partial charge in [0, 0.05) is 18.7 Å². The van der Waals surface area contributed by atoms with Crippen LogP contribution in [0.15, 0.2) is 46.1 Å². The largest absolute Gasteiger partial charge is 0.444 e. The summed E-state index contributed by atoms with van der Waals surface area (Å²) in [6.45, 7) is 4.85. The van der Waals surface area contributed by atoms with Gasteiger partial charge in [0.05, 0.1) is 18.8 Å². The summed E-state index contributed by atoms with van der Waals surface area (Å²) < 4.78 is 10.3. The van der Waals surface area contributed by atoms with Gasteiger partial charge in [-0.05, 0) is 51.3 Å². The Bertz CT molecular complexity index is 1160. The van der Waals surface area contributed by atoms with Crippen LogP contribution in [-0.2, 0) is 20.7 Å². The summed E-state index contributed by atoms with van der Waals surface area (Å²) in [5.74, 6) is -2.09. The van der Waals surface area contributed by atoms with Crippen LogP contribution >= 0.6 is 0 Å². The first-order valence-electron chi connectivity index (χ1n) is 12.2. The van der Waals surface area contributed by atoms with Crippen LogP contribution in [0.3, 0.4) is 0 Å². The number of rotatable bonds is 13. The highest BCUT2D eigenvalue weighted by Crippen LogP contribution is 2.11. The molecule has 2 rings (SSSR count). The fourth-order valence-corrected chi connectivity index (χ4v) is 3.42. The van der Waals surface area contributed by atoms with E-state index in [2.05, 4.69) is 25.9 Å². The summed E-state index contributed by atoms with van der Waals surface area (Å²) in [4.78, 5) is 58.5. The number of benzene rings is 1. The molecule has 9 N–H and O–H groups in total. The second-order valence-corrected chi connectivity index (χ2v) is 9.64. The molecular weight excluding hydrogens is 508 g/mol. The molecular formula is C25H36N8O6. The number of Topliss-reactive ketones (excluding diaryl/α,β-unsaturated/α-hetero) is 1. The van der Waals surface area contributed by atoms with Gasteiger partial charge < -0.3 is 42.3 Å². The Labute approximate surface area is 226 Å². The number of aliphatic imine (C=N–C) groups is 1. The Morgan fingerprint density at radius 3 is 2.49 bits per heavy atom. The van der Waals surface area contributed by atoms with Crippen LogP contribution in [0.5, 0.6) is 0 Å². The van der Waals surface area contributed by atoms with Crippen molar-refractivity contribution in [2.45, 2.75) is 57.7 Å². The number of ether oxygens (including phenoxy) is 1. The highest BCUT2D eigenvalue weighted by atomic mass is 16.6. The van der Waals surface area contributed by atoms with E-state index in [0.717, 1.165) is 0 Å². The maximum Gasteiger partial charge on any atom is 0.408 e. The fourth-order valence-electron chi connectivity index (χ4n) is 3.42. The normalized spacial score (nSPS) is 12.5. The van der Waals surface area contributed by atoms with Crippen LogP contribution in [0.4, 0.5) is 10.5 Å². The van der Waals surface area contributed by atoms with Gasteiger partial charge in [0.2, 0.25) is 17.6 Å². The molecule has 0 aliphatic heterocycles. The molecule has 2 atom stereocenters. The molecule has 212 valence electrons. The van der Waals surface area contributed by atoms with Gasteiger partial charge in [-0.3, -0.25) is 19.4 Å². The number of oxazole rings is 1. The minimum atomic E-state index is -1.07. The van der Waals surface area contributed by atoms with E-state index in [1.807, 2.05) is 0 Å². The van der Waals surface area contributed by atoms with E-state index in [4.69, 9.17) is 26.4 Å². The number of nitrogens with two attached hydrogens (primary N) is 3. The van der Waals surface area contributed by atoms with Gasteiger partial charge in [-0.25, -0.2) is 9.78 Å². The lowest BCUT2D eigenvalue weighted by Crippen LogP contribution is -2.52. The molecule has 0 aliphatic rings. The number of aromatic nitrogens is 1. The van der Waals surface area contributed by atoms with Gasteiger partial charge in [-0.15, -0.1) is 0 Å². The molecule has 1 aromatic heterocycles. The van der Waals surface area contributed by atoms with E-state index >= 15 is 0 Å². The number of hydrogen-bond acceptors (Lipinski definition) is 9. The van der Waals surface area contributed by atoms with E-state index in [-0.39, 0.29) is 31.2 Å². The number of ketones is 1. The third kappa shape index (κ3) is 11.5. The number of alkyl carbamates (subject to hydrolysis) is 1. The topological polar surface area (TPSA) is 230 Å². The molecule has 0 saturated carbocycles. The Kier molecular flexibility index (Phi) is 11.3. The number of nitrogens with one attached hydrogen (secondary N) is 3. The van der Waals surface area contributed by atoms with Crippen LogP contribution in [0, 0.1) is 0 Å². The molecule has 0 aliphatic carbocycles. The predicted octanol–water partition coefficient (Wildman–Crippen LogP) is 0.230. The van der Waals surface area contributed by atoms with E-state index in [1.165, 1.54) is 12.5 Å². The minimum absolute atomic E-state index is 0.0911. The second-order valence-electron chi connectivity index (χ2n) is 9.64. The molecule has 39 heavy (non-hydrogen) atoms. The average Bonchev–Trinajstić information content (AvgIpc) is 3.37. The van der Waals surface area contributed by atoms with Crippen LogP contribution in [0.2, 0.25) is 0 Å². The number of carbonyl (C=O) groups excluding carboxylic acids is 4. The number of amides is 3. The SMILES string of the molecule is CC(C)(C)OC(=O)N[C@H](Cc1cccc(N)c1)C(=O)NCC(=O)N[C@@H](CCCN=C(N)N)C(=O)c1ncco1. The molecule has 0 fully saturated rings. The summed E-state index contributed by atoms with van der Waals surface area (Å²) in [5.41, 5.74) is 16.9. The van der Waals surface area contributed by atoms with Crippen molar-refractivity contribution >= 4 is 35.3 Å². The molecule has 2 aromatic rings. The van der Waals surface area contributed by atoms with Crippen molar-refractivity contribution in [2.24, 2.45) is 16.5 Å². The first-order chi connectivity index (χ1) is 18.3. The minimum Gasteiger partial charge on any atom is -0.444 e. The lowest BCUT2D eigenvalue weighted by atomic mass is 10.0. The second kappa shape index (κ2) is 14.4. The molecule has 0 unspecified atom stereocenters. The molecule has 0 saturated heterocycles. The van der Waals surface area contributed by atoms with Gasteiger partial charge in [0.25, 0.3) is 5.89 Å². The fraction of sp³-hybridized carbons (Fsp3) is 0.440. The van der Waals surface area contributed by atoms with Gasteiger partial charge >= 0.3 is 6.09 Å². The van der Waals surface area contributed by atoms with Crippen molar-refractivity contribution in [3.05, 3.63) is 48.2 Å². The third-order valence-electron chi connectivity index (χ3n) is 5.06. The Balaban J connectivity index is 2.05. The molecule has 0 spiro atoms. The van der Waals surface area contributed by atoms with E-state index < -0.39 is 47.9 Å². The number of carbonyl (C=O) groups is 4. The van der Waals surface area contributed by atoms with Gasteiger partial charge in [0.15, 0.2) is 5.96 Å². The Morgan fingerprint density at radius 1 is 1.13 bits per heavy atom. The van der Waals surface area contributed by atoms with E-state index in [9.17, 15) is 19.2 Å². The lowest BCUT2D eigenvalue weighted by Gasteiger charge is -2.23. The molecule has 0 bridgehead atoms. The third-order valence-corrected chi connectivity index (χ3v) is 5.06. The monoisotopic (exact) mass is 544 g/mol. The van der Waals surface area contributed by atoms with Crippen molar-refractivity contribution in [1.29, 1.82) is 0 Å². The number of nitrogen functional groups attached to an aromatic ring is 1. The maximum atomic E-state index is 13.0. The summed E-state index contributed by atoms with van der Waals surface area (Å²) in [6, 6.07) is 4.77. The number of anilines is 1. The highest BCUT2D eigenvalue weighted by molar-refractivity contribution is 5.99. The first kappa shape index (κ1) is 30.6. The summed E-state index contributed by atoms with van der Waals surface area (Å²) in [6.07, 6.45) is 2.41. The molecule has 14 nitrogen and oxygen atoms in total. The Hall–Kier alpha value is -4.62. The molecule has 1 aromatic carbocycles. The zero-order valence-electron chi connectivity index (χ0n) is 22.2. The van der Waals surface area contributed by atoms with Gasteiger partial charge in [-0.2, -0.15) is 0 Å². The number of hydrogen-bond donors (Lipinski definition) is 6. The smallest absolute Gasteiger partial charge is 0.408 e. The van der Waals surface area contributed by atoms with Crippen molar-refractivity contribution in [2.75, 3.05) is 18.8 Å². The average molecular weight is 545 g/mol. The number of guanidine groups is 1. The van der Waals surface area contributed by atoms with Crippen molar-refractivity contribution < 1.29 is 28.3 Å². The summed E-state index contributed by atoms with van der Waals surface area (Å²) >= 11 is 0. The van der Waals surface area contributed by atoms with Gasteiger partial charge in [-0.1, -0.05) is 12.1 Å². The van der Waals surface area contributed by atoms with Crippen LogP contribution in [0.25, 0.3) is 0 Å². The standard InChI is InChI=1S/C25H36N8O6/c1-25(2,3)39-24(37)33-18(13-15-6-4-7-16(26)12-15)21(36)31-14-19(34)32-17(8-5-9-30-23(27)28)20(35)22-29-10-11-38-22/h4,6-7,10-12,17-18H,5,8-9,13-14,26H2,1-3H3,(H,31,36)(H,32,34)(H,33,37)(H4,27,28,30)/t17-,18+/m0/s1. The summed E-state index contributed by atoms with van der Waals surface area (Å²) in [5, 5.41) is 7.60. The first-order valence-corrected chi connectivity index (χ1v) is 12.2. The van der Waals surface area contributed by atoms with Crippen molar-refractivity contribution in [1.82, 2.24) is 20.9 Å². The van der Waals surface area contributed by atoms with Crippen LogP contribution in [0.1, 0.15) is 49.9 Å². The predicted molar refractivity (Wildman–Crippen MR) is 143 cm³/mol. The van der Waals surface area contributed by atoms with Gasteiger partial charge in [0.1, 0.15) is 17.9 Å². The van der Waals surface area contributed by atoms with Crippen molar-refractivity contribution in [3.8, 4) is 0 Å².